The van der Waals surface area contributed by atoms with Crippen molar-refractivity contribution in [2.24, 2.45) is 23.0 Å². The minimum Gasteiger partial charge on any atom is -0.156 e. The number of nitrogens with two attached hydrogens (primary N) is 3. The zero-order valence-electron chi connectivity index (χ0n) is 9.62. The Balaban J connectivity index is 3.73. The van der Waals surface area contributed by atoms with Crippen molar-refractivity contribution in [2.75, 3.05) is 6.54 Å². The Morgan fingerprint density at radius 2 is 1.79 bits per heavy atom. The molecule has 0 aromatic heterocycles. The van der Waals surface area contributed by atoms with Crippen LogP contribution in [0.25, 0.3) is 0 Å². The molecule has 0 heterocycles. The molecule has 0 aliphatic heterocycles. The first-order valence-corrected chi connectivity index (χ1v) is 5.17. The van der Waals surface area contributed by atoms with Crippen molar-refractivity contribution in [3.63, 3.8) is 0 Å². The van der Waals surface area contributed by atoms with E-state index >= 15 is 0 Å². The van der Waals surface area contributed by atoms with E-state index in [1.54, 1.807) is 0 Å². The van der Waals surface area contributed by atoms with Crippen LogP contribution in [0.3, 0.4) is 0 Å². The number of rotatable bonds is 7. The van der Waals surface area contributed by atoms with Gasteiger partial charge >= 0.3 is 0 Å². The number of hydrogen-bond acceptors (Lipinski definition) is 4. The van der Waals surface area contributed by atoms with Crippen LogP contribution in [-0.2, 0) is 4.94 Å². The lowest BCUT2D eigenvalue weighted by Gasteiger charge is -2.26. The van der Waals surface area contributed by atoms with Crippen LogP contribution in [0.4, 0.5) is 0 Å². The highest BCUT2D eigenvalue weighted by Crippen LogP contribution is 2.27. The van der Waals surface area contributed by atoms with Crippen LogP contribution < -0.4 is 17.6 Å². The van der Waals surface area contributed by atoms with Crippen molar-refractivity contribution in [3.05, 3.63) is 0 Å². The maximum absolute atomic E-state index is 5.49. The lowest BCUT2D eigenvalue weighted by atomic mass is 9.83. The van der Waals surface area contributed by atoms with Crippen LogP contribution in [0.2, 0.25) is 0 Å². The fourth-order valence-electron chi connectivity index (χ4n) is 1.66. The topological polar surface area (TPSA) is 87.3 Å². The van der Waals surface area contributed by atoms with E-state index in [1.165, 1.54) is 12.8 Å². The molecule has 0 amide bonds. The van der Waals surface area contributed by atoms with E-state index in [4.69, 9.17) is 17.6 Å². The number of hydrogen-bond donors (Lipinski definition) is 3. The van der Waals surface area contributed by atoms with Crippen LogP contribution in [-0.4, -0.2) is 11.4 Å². The van der Waals surface area contributed by atoms with E-state index in [0.717, 1.165) is 12.8 Å². The average molecular weight is 205 g/mol. The quantitative estimate of drug-likeness (QED) is 0.328. The zero-order valence-corrected chi connectivity index (χ0v) is 9.62. The fourth-order valence-corrected chi connectivity index (χ4v) is 1.66. The smallest absolute Gasteiger partial charge is 0.150 e. The van der Waals surface area contributed by atoms with Gasteiger partial charge in [0.15, 0.2) is 6.54 Å². The second kappa shape index (κ2) is 5.63. The molecule has 86 valence electrons. The van der Waals surface area contributed by atoms with Gasteiger partial charge in [-0.1, -0.05) is 32.1 Å². The molecule has 0 unspecified atom stereocenters. The molecule has 0 rings (SSSR count). The van der Waals surface area contributed by atoms with Gasteiger partial charge in [0, 0.05) is 6.42 Å². The lowest BCUT2D eigenvalue weighted by molar-refractivity contribution is -1.13. The second-order valence-electron chi connectivity index (χ2n) is 4.70. The van der Waals surface area contributed by atoms with E-state index in [2.05, 4.69) is 25.7 Å². The molecule has 5 nitrogen and oxygen atoms in total. The van der Waals surface area contributed by atoms with E-state index in [9.17, 15) is 0 Å². The molecule has 0 aliphatic rings. The van der Waals surface area contributed by atoms with Gasteiger partial charge in [0.05, 0.1) is 0 Å². The van der Waals surface area contributed by atoms with E-state index in [-0.39, 0.29) is 0 Å². The fraction of sp³-hybridized carbons (Fsp3) is 1.00. The van der Waals surface area contributed by atoms with Gasteiger partial charge in [-0.25, -0.2) is 0 Å². The minimum atomic E-state index is -0.553. The average Bonchev–Trinajstić information content (AvgIpc) is 2.03. The van der Waals surface area contributed by atoms with Gasteiger partial charge in [0.1, 0.15) is 0 Å². The van der Waals surface area contributed by atoms with Crippen molar-refractivity contribution in [3.8, 4) is 0 Å². The number of nitrogens with zero attached hydrogens (tertiary/aromatic N) is 1. The SMILES string of the molecule is CCCC(C)(C)CCC[N+](N)(N)ON. The first-order chi connectivity index (χ1) is 6.33. The Hall–Kier alpha value is -0.200. The summed E-state index contributed by atoms with van der Waals surface area (Å²) in [7, 11) is 0. The van der Waals surface area contributed by atoms with Gasteiger partial charge in [-0.2, -0.15) is 5.90 Å². The monoisotopic (exact) mass is 205 g/mol. The maximum atomic E-state index is 5.49. The van der Waals surface area contributed by atoms with E-state index in [1.807, 2.05) is 0 Å². The molecule has 0 saturated carbocycles. The van der Waals surface area contributed by atoms with Crippen molar-refractivity contribution in [2.45, 2.75) is 46.5 Å². The van der Waals surface area contributed by atoms with Crippen LogP contribution >= 0.6 is 0 Å². The number of hydroxylamine groups is 1. The summed E-state index contributed by atoms with van der Waals surface area (Å²) in [5, 5.41) is 0. The molecule has 0 fully saturated rings. The first kappa shape index (κ1) is 13.8. The third kappa shape index (κ3) is 6.28. The second-order valence-corrected chi connectivity index (χ2v) is 4.70. The summed E-state index contributed by atoms with van der Waals surface area (Å²) in [6.07, 6.45) is 4.41. The van der Waals surface area contributed by atoms with Gasteiger partial charge in [0.25, 0.3) is 0 Å². The van der Waals surface area contributed by atoms with Crippen molar-refractivity contribution in [1.82, 2.24) is 0 Å². The zero-order chi connectivity index (χ0) is 11.2. The third-order valence-corrected chi connectivity index (χ3v) is 2.48. The van der Waals surface area contributed by atoms with Gasteiger partial charge in [0.2, 0.25) is 0 Å². The Kier molecular flexibility index (Phi) is 5.54. The molecule has 14 heavy (non-hydrogen) atoms. The van der Waals surface area contributed by atoms with Crippen molar-refractivity contribution >= 4 is 0 Å². The molecule has 0 aromatic rings. The summed E-state index contributed by atoms with van der Waals surface area (Å²) < 4.78 is 0. The lowest BCUT2D eigenvalue weighted by Crippen LogP contribution is -2.62. The summed E-state index contributed by atoms with van der Waals surface area (Å²) >= 11 is 0. The Bertz CT molecular complexity index is 159. The van der Waals surface area contributed by atoms with Crippen molar-refractivity contribution < 1.29 is 9.80 Å². The highest BCUT2D eigenvalue weighted by Gasteiger charge is 2.22. The summed E-state index contributed by atoms with van der Waals surface area (Å²) in [6.45, 7) is 7.23. The molecule has 0 spiro atoms. The Morgan fingerprint density at radius 1 is 1.21 bits per heavy atom. The molecule has 0 bridgehead atoms. The Labute approximate surface area is 86.6 Å². The summed E-state index contributed by atoms with van der Waals surface area (Å²) in [5.74, 6) is 15.9. The summed E-state index contributed by atoms with van der Waals surface area (Å²) in [6, 6.07) is 0. The standard InChI is InChI=1S/C9H25N4O/c1-4-6-9(2,3)7-5-8-13(10,11)14-12/h4-8,10-12H2,1-3H3/q+1. The normalized spacial score (nSPS) is 13.3. The van der Waals surface area contributed by atoms with Gasteiger partial charge in [-0.15, -0.1) is 11.7 Å². The third-order valence-electron chi connectivity index (χ3n) is 2.48. The Morgan fingerprint density at radius 3 is 2.21 bits per heavy atom. The highest BCUT2D eigenvalue weighted by molar-refractivity contribution is 4.67. The van der Waals surface area contributed by atoms with Gasteiger partial charge in [-0.3, -0.25) is 0 Å². The van der Waals surface area contributed by atoms with Crippen LogP contribution in [0.15, 0.2) is 0 Å². The van der Waals surface area contributed by atoms with E-state index < -0.39 is 4.86 Å². The largest absolute Gasteiger partial charge is 0.156 e. The first-order valence-electron chi connectivity index (χ1n) is 5.17. The molecule has 0 radical (unpaired) electrons. The van der Waals surface area contributed by atoms with Crippen molar-refractivity contribution in [1.29, 1.82) is 0 Å². The predicted molar refractivity (Wildman–Crippen MR) is 56.7 cm³/mol. The molecule has 0 aliphatic carbocycles. The molecule has 5 heteroatoms. The van der Waals surface area contributed by atoms with Crippen LogP contribution in [0.1, 0.15) is 46.5 Å². The highest BCUT2D eigenvalue weighted by atomic mass is 16.9. The van der Waals surface area contributed by atoms with Gasteiger partial charge in [-0.05, 0) is 23.1 Å². The van der Waals surface area contributed by atoms with Crippen LogP contribution in [0, 0.1) is 5.41 Å². The minimum absolute atomic E-state index is 0.351. The predicted octanol–water partition coefficient (Wildman–Crippen LogP) is 0.962. The molecule has 0 aromatic carbocycles. The van der Waals surface area contributed by atoms with E-state index in [0.29, 0.717) is 12.0 Å². The summed E-state index contributed by atoms with van der Waals surface area (Å²) in [4.78, 5) is 3.85. The molecule has 0 saturated heterocycles. The molecule has 6 N–H and O–H groups in total. The molecular weight excluding hydrogens is 180 g/mol. The molecule has 0 atom stereocenters. The summed E-state index contributed by atoms with van der Waals surface area (Å²) in [5.41, 5.74) is 0.351. The maximum Gasteiger partial charge on any atom is 0.150 e. The van der Waals surface area contributed by atoms with Crippen LogP contribution in [0.5, 0.6) is 0 Å². The number of quaternary nitrogens is 1. The molecular formula is C9H25N4O+. The van der Waals surface area contributed by atoms with Gasteiger partial charge < -0.3 is 0 Å².